The Balaban J connectivity index is 2.10. The van der Waals surface area contributed by atoms with Crippen LogP contribution in [0.3, 0.4) is 0 Å². The lowest BCUT2D eigenvalue weighted by atomic mass is 10.1. The van der Waals surface area contributed by atoms with Gasteiger partial charge in [-0.15, -0.1) is 0 Å². The molecule has 2 aromatic rings. The van der Waals surface area contributed by atoms with E-state index in [-0.39, 0.29) is 17.3 Å². The Labute approximate surface area is 163 Å². The molecule has 0 aliphatic carbocycles. The number of likely N-dealkylation sites (N-methyl/N-ethyl adjacent to an activating group) is 1. The summed E-state index contributed by atoms with van der Waals surface area (Å²) in [5.74, 6) is 0.758. The third kappa shape index (κ3) is 5.32. The van der Waals surface area contributed by atoms with Gasteiger partial charge < -0.3 is 19.5 Å². The summed E-state index contributed by atoms with van der Waals surface area (Å²) < 4.78 is 40.2. The molecule has 0 saturated carbocycles. The highest BCUT2D eigenvalue weighted by Gasteiger charge is 2.22. The fourth-order valence-electron chi connectivity index (χ4n) is 2.69. The summed E-state index contributed by atoms with van der Waals surface area (Å²) in [6, 6.07) is 11.0. The maximum absolute atomic E-state index is 12.6. The van der Waals surface area contributed by atoms with E-state index in [2.05, 4.69) is 10.1 Å². The highest BCUT2D eigenvalue weighted by Crippen LogP contribution is 2.32. The number of amides is 1. The third-order valence-electron chi connectivity index (χ3n) is 4.31. The Kier molecular flexibility index (Phi) is 7.57. The van der Waals surface area contributed by atoms with Gasteiger partial charge in [0.25, 0.3) is 0 Å². The first kappa shape index (κ1) is 21.4. The fourth-order valence-corrected chi connectivity index (χ4v) is 2.69. The van der Waals surface area contributed by atoms with E-state index in [1.165, 1.54) is 12.1 Å². The van der Waals surface area contributed by atoms with Crippen LogP contribution in [0.25, 0.3) is 0 Å². The van der Waals surface area contributed by atoms with Gasteiger partial charge in [0.2, 0.25) is 5.91 Å². The van der Waals surface area contributed by atoms with Crippen molar-refractivity contribution >= 4 is 11.6 Å². The molecule has 0 aliphatic heterocycles. The number of alkyl halides is 2. The van der Waals surface area contributed by atoms with Crippen molar-refractivity contribution in [2.24, 2.45) is 0 Å². The standard InChI is InChI=1S/C20H24F2N2O4/c1-13(19(25)23-15-9-5-6-10-16(15)28-20(21)22)24(2)12-14-8-7-11-17(26-3)18(14)27-4/h5-11,13,20H,12H2,1-4H3,(H,23,25). The second kappa shape index (κ2) is 9.89. The van der Waals surface area contributed by atoms with Gasteiger partial charge in [0, 0.05) is 12.1 Å². The average molecular weight is 394 g/mol. The van der Waals surface area contributed by atoms with Gasteiger partial charge >= 0.3 is 6.61 Å². The number of halogens is 2. The predicted molar refractivity (Wildman–Crippen MR) is 102 cm³/mol. The average Bonchev–Trinajstić information content (AvgIpc) is 2.68. The first-order valence-electron chi connectivity index (χ1n) is 8.62. The number of methoxy groups -OCH3 is 2. The normalized spacial score (nSPS) is 12.0. The van der Waals surface area contributed by atoms with Crippen molar-refractivity contribution in [1.82, 2.24) is 4.90 Å². The van der Waals surface area contributed by atoms with Gasteiger partial charge in [0.05, 0.1) is 25.9 Å². The summed E-state index contributed by atoms with van der Waals surface area (Å²) in [5.41, 5.74) is 1.04. The molecule has 0 radical (unpaired) electrons. The van der Waals surface area contributed by atoms with Crippen molar-refractivity contribution in [3.05, 3.63) is 48.0 Å². The number of hydrogen-bond acceptors (Lipinski definition) is 5. The summed E-state index contributed by atoms with van der Waals surface area (Å²) >= 11 is 0. The van der Waals surface area contributed by atoms with E-state index >= 15 is 0 Å². The zero-order valence-corrected chi connectivity index (χ0v) is 16.2. The van der Waals surface area contributed by atoms with E-state index in [0.717, 1.165) is 5.56 Å². The lowest BCUT2D eigenvalue weighted by molar-refractivity contribution is -0.120. The van der Waals surface area contributed by atoms with Crippen molar-refractivity contribution in [2.75, 3.05) is 26.6 Å². The zero-order valence-electron chi connectivity index (χ0n) is 16.2. The van der Waals surface area contributed by atoms with Crippen molar-refractivity contribution in [3.63, 3.8) is 0 Å². The minimum atomic E-state index is -2.97. The van der Waals surface area contributed by atoms with Gasteiger partial charge in [-0.05, 0) is 32.2 Å². The summed E-state index contributed by atoms with van der Waals surface area (Å²) in [6.45, 7) is -0.832. The lowest BCUT2D eigenvalue weighted by Gasteiger charge is -2.25. The van der Waals surface area contributed by atoms with Crippen molar-refractivity contribution in [3.8, 4) is 17.2 Å². The van der Waals surface area contributed by atoms with E-state index in [9.17, 15) is 13.6 Å². The van der Waals surface area contributed by atoms with Crippen LogP contribution in [0.2, 0.25) is 0 Å². The number of carbonyl (C=O) groups is 1. The molecule has 152 valence electrons. The molecule has 6 nitrogen and oxygen atoms in total. The van der Waals surface area contributed by atoms with Crippen LogP contribution in [-0.2, 0) is 11.3 Å². The molecule has 1 atom stereocenters. The summed E-state index contributed by atoms with van der Waals surface area (Å²) in [7, 11) is 4.89. The molecule has 2 aromatic carbocycles. The van der Waals surface area contributed by atoms with Crippen LogP contribution in [0.1, 0.15) is 12.5 Å². The monoisotopic (exact) mass is 394 g/mol. The number of carbonyl (C=O) groups excluding carboxylic acids is 1. The molecule has 0 aliphatic rings. The quantitative estimate of drug-likeness (QED) is 0.702. The summed E-state index contributed by atoms with van der Waals surface area (Å²) in [4.78, 5) is 14.4. The Morgan fingerprint density at radius 2 is 1.75 bits per heavy atom. The first-order chi connectivity index (χ1) is 13.4. The molecule has 1 N–H and O–H groups in total. The van der Waals surface area contributed by atoms with Crippen LogP contribution < -0.4 is 19.5 Å². The maximum Gasteiger partial charge on any atom is 0.387 e. The SMILES string of the molecule is COc1cccc(CN(C)C(C)C(=O)Nc2ccccc2OC(F)F)c1OC. The first-order valence-corrected chi connectivity index (χ1v) is 8.62. The number of nitrogens with one attached hydrogen (secondary N) is 1. The van der Waals surface area contributed by atoms with Gasteiger partial charge in [-0.25, -0.2) is 0 Å². The van der Waals surface area contributed by atoms with Crippen molar-refractivity contribution in [1.29, 1.82) is 0 Å². The Bertz CT molecular complexity index is 802. The number of para-hydroxylation sites is 3. The van der Waals surface area contributed by atoms with E-state index in [4.69, 9.17) is 9.47 Å². The molecule has 0 spiro atoms. The summed E-state index contributed by atoms with van der Waals surface area (Å²) in [5, 5.41) is 2.64. The molecule has 0 saturated heterocycles. The Hall–Kier alpha value is -2.87. The van der Waals surface area contributed by atoms with Gasteiger partial charge in [-0.1, -0.05) is 24.3 Å². The van der Waals surface area contributed by atoms with Crippen LogP contribution in [0.5, 0.6) is 17.2 Å². The number of rotatable bonds is 9. The largest absolute Gasteiger partial charge is 0.493 e. The zero-order chi connectivity index (χ0) is 20.7. The lowest BCUT2D eigenvalue weighted by Crippen LogP contribution is -2.39. The molecule has 1 unspecified atom stereocenters. The van der Waals surface area contributed by atoms with Crippen LogP contribution in [0, 0.1) is 0 Å². The van der Waals surface area contributed by atoms with Crippen LogP contribution in [0.4, 0.5) is 14.5 Å². The minimum Gasteiger partial charge on any atom is -0.493 e. The molecule has 0 fully saturated rings. The molecular weight excluding hydrogens is 370 g/mol. The van der Waals surface area contributed by atoms with Gasteiger partial charge in [-0.2, -0.15) is 8.78 Å². The second-order valence-corrected chi connectivity index (χ2v) is 6.11. The Morgan fingerprint density at radius 3 is 2.39 bits per heavy atom. The molecule has 0 heterocycles. The topological polar surface area (TPSA) is 60.0 Å². The van der Waals surface area contributed by atoms with Crippen LogP contribution >= 0.6 is 0 Å². The maximum atomic E-state index is 12.6. The molecular formula is C20H24F2N2O4. The van der Waals surface area contributed by atoms with E-state index in [0.29, 0.717) is 18.0 Å². The molecule has 28 heavy (non-hydrogen) atoms. The van der Waals surface area contributed by atoms with Gasteiger partial charge in [0.15, 0.2) is 11.5 Å². The highest BCUT2D eigenvalue weighted by molar-refractivity contribution is 5.95. The number of anilines is 1. The molecule has 8 heteroatoms. The van der Waals surface area contributed by atoms with Crippen molar-refractivity contribution in [2.45, 2.75) is 26.1 Å². The van der Waals surface area contributed by atoms with E-state index in [1.54, 1.807) is 46.4 Å². The number of ether oxygens (including phenoxy) is 3. The van der Waals surface area contributed by atoms with Crippen molar-refractivity contribution < 1.29 is 27.8 Å². The number of hydrogen-bond donors (Lipinski definition) is 1. The van der Waals surface area contributed by atoms with E-state index < -0.39 is 12.7 Å². The van der Waals surface area contributed by atoms with E-state index in [1.807, 2.05) is 17.0 Å². The van der Waals surface area contributed by atoms with Gasteiger partial charge in [-0.3, -0.25) is 9.69 Å². The predicted octanol–water partition coefficient (Wildman–Crippen LogP) is 3.76. The number of nitrogens with zero attached hydrogens (tertiary/aromatic N) is 1. The molecule has 0 aromatic heterocycles. The Morgan fingerprint density at radius 1 is 1.07 bits per heavy atom. The van der Waals surface area contributed by atoms with Crippen LogP contribution in [-0.4, -0.2) is 44.7 Å². The third-order valence-corrected chi connectivity index (χ3v) is 4.31. The molecule has 0 bridgehead atoms. The molecule has 2 rings (SSSR count). The highest BCUT2D eigenvalue weighted by atomic mass is 19.3. The fraction of sp³-hybridized carbons (Fsp3) is 0.350. The minimum absolute atomic E-state index is 0.0878. The van der Waals surface area contributed by atoms with Crippen LogP contribution in [0.15, 0.2) is 42.5 Å². The van der Waals surface area contributed by atoms with Gasteiger partial charge in [0.1, 0.15) is 5.75 Å². The smallest absolute Gasteiger partial charge is 0.387 e. The number of benzene rings is 2. The summed E-state index contributed by atoms with van der Waals surface area (Å²) in [6.07, 6.45) is 0. The second-order valence-electron chi connectivity index (χ2n) is 6.11. The molecule has 1 amide bonds.